The van der Waals surface area contributed by atoms with Crippen molar-refractivity contribution in [2.75, 3.05) is 35.5 Å². The van der Waals surface area contributed by atoms with Crippen LogP contribution in [0, 0.1) is 10.1 Å². The number of thiocarbonyl (C=S) groups is 4. The van der Waals surface area contributed by atoms with E-state index in [1.165, 1.54) is 24.3 Å². The number of rotatable bonds is 11. The molecule has 0 bridgehead atoms. The van der Waals surface area contributed by atoms with Gasteiger partial charge in [0.05, 0.1) is 19.1 Å². The Kier molecular flexibility index (Phi) is 24.8. The van der Waals surface area contributed by atoms with E-state index in [2.05, 4.69) is 42.5 Å². The number of carbonyl (C=O) groups is 4. The quantitative estimate of drug-likeness (QED) is 0.0342. The first-order chi connectivity index (χ1) is 38.2. The second-order valence-electron chi connectivity index (χ2n) is 15.7. The number of nitrogens with one attached hydrogen (secondary N) is 8. The number of ether oxygens (including phenoxy) is 2. The lowest BCUT2D eigenvalue weighted by Gasteiger charge is -2.10. The minimum absolute atomic E-state index is 0.0141. The van der Waals surface area contributed by atoms with E-state index in [0.717, 1.165) is 22.8 Å². The highest BCUT2D eigenvalue weighted by atomic mass is 32.1. The molecular weight excluding hydrogens is 1080 g/mol. The molecular formula is C58H51N9O8S4. The Morgan fingerprint density at radius 2 is 0.570 bits per heavy atom. The molecule has 4 amide bonds. The summed E-state index contributed by atoms with van der Waals surface area (Å²) < 4.78 is 10.1. The van der Waals surface area contributed by atoms with Crippen molar-refractivity contribution in [3.05, 3.63) is 257 Å². The topological polar surface area (TPSA) is 226 Å². The third kappa shape index (κ3) is 22.1. The number of amides is 4. The van der Waals surface area contributed by atoms with Crippen LogP contribution in [0.2, 0.25) is 0 Å². The Balaban J connectivity index is 0.000000194. The highest BCUT2D eigenvalue weighted by Gasteiger charge is 2.12. The van der Waals surface area contributed by atoms with Crippen molar-refractivity contribution in [2.45, 2.75) is 0 Å². The second-order valence-corrected chi connectivity index (χ2v) is 17.4. The van der Waals surface area contributed by atoms with Crippen LogP contribution in [0.5, 0.6) is 11.5 Å². The summed E-state index contributed by atoms with van der Waals surface area (Å²) in [5, 5.41) is 33.5. The molecule has 8 rings (SSSR count). The van der Waals surface area contributed by atoms with Crippen LogP contribution in [0.3, 0.4) is 0 Å². The van der Waals surface area contributed by atoms with E-state index in [4.69, 9.17) is 58.3 Å². The van der Waals surface area contributed by atoms with Crippen LogP contribution >= 0.6 is 48.9 Å². The van der Waals surface area contributed by atoms with Gasteiger partial charge in [0.2, 0.25) is 0 Å². The lowest BCUT2D eigenvalue weighted by Crippen LogP contribution is -2.34. The smallest absolute Gasteiger partial charge is 0.269 e. The van der Waals surface area contributed by atoms with Crippen LogP contribution in [-0.2, 0) is 0 Å². The number of nitro benzene ring substituents is 1. The largest absolute Gasteiger partial charge is 0.497 e. The van der Waals surface area contributed by atoms with Gasteiger partial charge < -0.3 is 30.7 Å². The molecule has 0 fully saturated rings. The van der Waals surface area contributed by atoms with Gasteiger partial charge in [-0.2, -0.15) is 0 Å². The zero-order valence-corrected chi connectivity index (χ0v) is 45.5. The van der Waals surface area contributed by atoms with Crippen molar-refractivity contribution < 1.29 is 33.6 Å². The number of non-ortho nitro benzene ring substituents is 1. The number of para-hydroxylation sites is 2. The highest BCUT2D eigenvalue weighted by molar-refractivity contribution is 7.81. The van der Waals surface area contributed by atoms with Gasteiger partial charge in [0, 0.05) is 57.1 Å². The minimum atomic E-state index is -0.487. The molecule has 17 nitrogen and oxygen atoms in total. The minimum Gasteiger partial charge on any atom is -0.497 e. The van der Waals surface area contributed by atoms with Gasteiger partial charge in [0.15, 0.2) is 20.4 Å². The normalized spacial score (nSPS) is 9.65. The van der Waals surface area contributed by atoms with Crippen LogP contribution in [0.1, 0.15) is 41.4 Å². The predicted octanol–water partition coefficient (Wildman–Crippen LogP) is 11.2. The number of nitro groups is 1. The van der Waals surface area contributed by atoms with Gasteiger partial charge in [-0.05, 0) is 170 Å². The Morgan fingerprint density at radius 1 is 0.342 bits per heavy atom. The van der Waals surface area contributed by atoms with Crippen LogP contribution in [0.25, 0.3) is 0 Å². The molecule has 0 aliphatic rings. The molecule has 0 heterocycles. The summed E-state index contributed by atoms with van der Waals surface area (Å²) in [4.78, 5) is 57.6. The summed E-state index contributed by atoms with van der Waals surface area (Å²) in [5.41, 5.74) is 5.14. The number of hydrogen-bond donors (Lipinski definition) is 8. The third-order valence-electron chi connectivity index (χ3n) is 10.1. The first kappa shape index (κ1) is 60.1. The van der Waals surface area contributed by atoms with E-state index in [0.29, 0.717) is 33.7 Å². The van der Waals surface area contributed by atoms with Crippen LogP contribution in [0.15, 0.2) is 224 Å². The highest BCUT2D eigenvalue weighted by Crippen LogP contribution is 2.17. The molecule has 0 radical (unpaired) electrons. The third-order valence-corrected chi connectivity index (χ3v) is 10.9. The zero-order valence-electron chi connectivity index (χ0n) is 42.2. The lowest BCUT2D eigenvalue weighted by molar-refractivity contribution is -0.384. The Hall–Kier alpha value is -9.80. The molecule has 0 unspecified atom stereocenters. The fourth-order valence-corrected chi connectivity index (χ4v) is 7.09. The Morgan fingerprint density at radius 3 is 0.835 bits per heavy atom. The van der Waals surface area contributed by atoms with Crippen LogP contribution in [0.4, 0.5) is 28.4 Å². The van der Waals surface area contributed by atoms with Gasteiger partial charge in [-0.3, -0.25) is 50.6 Å². The molecule has 0 spiro atoms. The number of methoxy groups -OCH3 is 2. The number of benzene rings is 8. The van der Waals surface area contributed by atoms with Crippen LogP contribution < -0.4 is 52.0 Å². The van der Waals surface area contributed by atoms with Crippen molar-refractivity contribution >= 4 is 121 Å². The van der Waals surface area contributed by atoms with E-state index >= 15 is 0 Å². The molecule has 0 aliphatic carbocycles. The molecule has 8 aromatic carbocycles. The van der Waals surface area contributed by atoms with Gasteiger partial charge in [0.25, 0.3) is 29.3 Å². The van der Waals surface area contributed by atoms with Crippen molar-refractivity contribution in [3.8, 4) is 11.5 Å². The Bertz CT molecular complexity index is 3300. The SMILES string of the molecule is COc1ccc(C(=O)NC(=S)Nc2ccccc2)cc1.COc1ccc(NC(=S)NC(=O)c2ccccc2)cc1.O=C(NC(=S)Nc1ccc([N+](=O)[O-])cc1)c1ccccc1.O=C(NC(=S)Nc1ccccc1)c1ccccc1. The Labute approximate surface area is 477 Å². The molecule has 8 aromatic rings. The van der Waals surface area contributed by atoms with E-state index in [1.807, 2.05) is 115 Å². The predicted molar refractivity (Wildman–Crippen MR) is 326 cm³/mol. The maximum atomic E-state index is 12.0. The molecule has 0 aromatic heterocycles. The first-order valence-electron chi connectivity index (χ1n) is 23.5. The lowest BCUT2D eigenvalue weighted by atomic mass is 10.2. The maximum Gasteiger partial charge on any atom is 0.269 e. The van der Waals surface area contributed by atoms with Gasteiger partial charge in [-0.15, -0.1) is 0 Å². The fraction of sp³-hybridized carbons (Fsp3) is 0.0345. The van der Waals surface area contributed by atoms with Gasteiger partial charge in [0.1, 0.15) is 11.5 Å². The van der Waals surface area contributed by atoms with Gasteiger partial charge >= 0.3 is 0 Å². The molecule has 0 atom stereocenters. The average Bonchev–Trinajstić information content (AvgIpc) is 3.47. The number of nitrogens with zero attached hydrogens (tertiary/aromatic N) is 1. The maximum absolute atomic E-state index is 12.0. The van der Waals surface area contributed by atoms with Gasteiger partial charge in [-0.1, -0.05) is 91.0 Å². The summed E-state index contributed by atoms with van der Waals surface area (Å²) in [6.07, 6.45) is 0. The van der Waals surface area contributed by atoms with Crippen molar-refractivity contribution in [2.24, 2.45) is 0 Å². The van der Waals surface area contributed by atoms with Crippen molar-refractivity contribution in [1.82, 2.24) is 21.3 Å². The summed E-state index contributed by atoms with van der Waals surface area (Å²) in [7, 11) is 3.18. The van der Waals surface area contributed by atoms with E-state index in [1.54, 1.807) is 99.1 Å². The standard InChI is InChI=1S/2C15H14N2O2S.C14H11N3O3S.C14H12N2OS/c1-19-13-9-7-11(8-10-13)14(18)17-15(20)16-12-5-3-2-4-6-12;1-19-13-9-7-12(8-10-13)16-15(20)17-14(18)11-5-3-2-4-6-11;18-13(10-4-2-1-3-5-10)16-14(21)15-11-6-8-12(9-7-11)17(19)20;17-13(11-7-3-1-4-8-11)16-14(18)15-12-9-5-2-6-10-12/h2*2-10H,1H3,(H2,16,17,18,20);1-9H,(H2,15,16,18,21);1-10H,(H2,15,16,17,18). The summed E-state index contributed by atoms with van der Waals surface area (Å²) in [6.45, 7) is 0. The number of carbonyl (C=O) groups excluding carboxylic acids is 4. The summed E-state index contributed by atoms with van der Waals surface area (Å²) >= 11 is 20.3. The molecule has 79 heavy (non-hydrogen) atoms. The summed E-state index contributed by atoms with van der Waals surface area (Å²) in [6, 6.07) is 65.2. The van der Waals surface area contributed by atoms with E-state index in [-0.39, 0.29) is 49.8 Å². The zero-order chi connectivity index (χ0) is 56.8. The first-order valence-corrected chi connectivity index (χ1v) is 25.1. The number of hydrogen-bond acceptors (Lipinski definition) is 12. The fourth-order valence-electron chi connectivity index (χ4n) is 6.25. The molecule has 0 saturated heterocycles. The van der Waals surface area contributed by atoms with Crippen molar-refractivity contribution in [3.63, 3.8) is 0 Å². The molecule has 21 heteroatoms. The van der Waals surface area contributed by atoms with Crippen LogP contribution in [-0.4, -0.2) is 63.2 Å². The molecule has 8 N–H and O–H groups in total. The van der Waals surface area contributed by atoms with Gasteiger partial charge in [-0.25, -0.2) is 0 Å². The van der Waals surface area contributed by atoms with E-state index in [9.17, 15) is 29.3 Å². The molecule has 400 valence electrons. The van der Waals surface area contributed by atoms with Crippen molar-refractivity contribution in [1.29, 1.82) is 0 Å². The van der Waals surface area contributed by atoms with E-state index < -0.39 is 4.92 Å². The second kappa shape index (κ2) is 32.6. The molecule has 0 aliphatic heterocycles. The summed E-state index contributed by atoms with van der Waals surface area (Å²) in [5.74, 6) is 0.415. The number of anilines is 4. The monoisotopic (exact) mass is 1130 g/mol. The molecule has 0 saturated carbocycles. The average molecular weight is 1130 g/mol.